The molecule has 0 aromatic carbocycles. The summed E-state index contributed by atoms with van der Waals surface area (Å²) in [5, 5.41) is 0. The summed E-state index contributed by atoms with van der Waals surface area (Å²) in [6.07, 6.45) is 8.54. The molecule has 92 valence electrons. The van der Waals surface area contributed by atoms with Crippen molar-refractivity contribution in [3.05, 3.63) is 12.2 Å². The van der Waals surface area contributed by atoms with E-state index in [1.165, 1.54) is 44.1 Å². The quantitative estimate of drug-likeness (QED) is 0.533. The third-order valence-corrected chi connectivity index (χ3v) is 6.24. The van der Waals surface area contributed by atoms with E-state index >= 15 is 0 Å². The Morgan fingerprint density at radius 3 is 2.50 bits per heavy atom. The minimum Gasteiger partial charge on any atom is -0.0999 e. The van der Waals surface area contributed by atoms with E-state index in [2.05, 4.69) is 34.3 Å². The molecule has 0 aromatic heterocycles. The standard InChI is InChI=1S/C16H28/c1-12(2)14-8-10-15(4)9-6-7-13(3)16(15,5)11-14/h13-14H,1,6-11H2,2-5H3/t13-,14+,15-,16-/m1/s1. The Morgan fingerprint density at radius 1 is 1.19 bits per heavy atom. The lowest BCUT2D eigenvalue weighted by Gasteiger charge is -2.59. The van der Waals surface area contributed by atoms with Crippen LogP contribution in [-0.2, 0) is 0 Å². The van der Waals surface area contributed by atoms with Crippen molar-refractivity contribution in [1.29, 1.82) is 0 Å². The van der Waals surface area contributed by atoms with Crippen LogP contribution in [0, 0.1) is 22.7 Å². The van der Waals surface area contributed by atoms with Crippen molar-refractivity contribution in [3.63, 3.8) is 0 Å². The van der Waals surface area contributed by atoms with E-state index in [1.807, 2.05) is 0 Å². The second-order valence-corrected chi connectivity index (χ2v) is 7.06. The molecule has 0 heterocycles. The van der Waals surface area contributed by atoms with Crippen molar-refractivity contribution >= 4 is 0 Å². The van der Waals surface area contributed by atoms with E-state index in [0.717, 1.165) is 11.8 Å². The maximum atomic E-state index is 4.20. The van der Waals surface area contributed by atoms with E-state index in [1.54, 1.807) is 0 Å². The van der Waals surface area contributed by atoms with Crippen LogP contribution in [0.5, 0.6) is 0 Å². The van der Waals surface area contributed by atoms with Gasteiger partial charge in [0.05, 0.1) is 0 Å². The normalized spacial score (nSPS) is 48.5. The summed E-state index contributed by atoms with van der Waals surface area (Å²) in [7, 11) is 0. The van der Waals surface area contributed by atoms with Gasteiger partial charge in [-0.25, -0.2) is 0 Å². The lowest BCUT2D eigenvalue weighted by Crippen LogP contribution is -2.49. The average Bonchev–Trinajstić information content (AvgIpc) is 2.20. The highest BCUT2D eigenvalue weighted by atomic mass is 14.6. The molecule has 0 aliphatic heterocycles. The second-order valence-electron chi connectivity index (χ2n) is 7.06. The number of allylic oxidation sites excluding steroid dienone is 1. The highest BCUT2D eigenvalue weighted by Gasteiger charge is 2.52. The summed E-state index contributed by atoms with van der Waals surface area (Å²) in [4.78, 5) is 0. The number of hydrogen-bond donors (Lipinski definition) is 0. The van der Waals surface area contributed by atoms with Crippen LogP contribution in [0.15, 0.2) is 12.2 Å². The molecule has 0 spiro atoms. The SMILES string of the molecule is C=C(C)[C@H]1CC[C@@]2(C)CCC[C@@H](C)[C@@]2(C)C1. The van der Waals surface area contributed by atoms with Crippen LogP contribution < -0.4 is 0 Å². The number of rotatable bonds is 1. The van der Waals surface area contributed by atoms with Gasteiger partial charge in [0.1, 0.15) is 0 Å². The molecule has 0 unspecified atom stereocenters. The molecule has 0 saturated heterocycles. The maximum Gasteiger partial charge on any atom is -0.0203 e. The molecule has 0 amide bonds. The van der Waals surface area contributed by atoms with Gasteiger partial charge in [0.15, 0.2) is 0 Å². The fourth-order valence-electron chi connectivity index (χ4n) is 4.38. The van der Waals surface area contributed by atoms with Gasteiger partial charge in [-0.1, -0.05) is 45.8 Å². The highest BCUT2D eigenvalue weighted by molar-refractivity contribution is 5.08. The summed E-state index contributed by atoms with van der Waals surface area (Å²) >= 11 is 0. The van der Waals surface area contributed by atoms with E-state index in [9.17, 15) is 0 Å². The summed E-state index contributed by atoms with van der Waals surface area (Å²) in [5.41, 5.74) is 2.59. The Kier molecular flexibility index (Phi) is 2.97. The molecule has 0 bridgehead atoms. The molecule has 0 radical (unpaired) electrons. The Morgan fingerprint density at radius 2 is 1.88 bits per heavy atom. The third-order valence-electron chi connectivity index (χ3n) is 6.24. The van der Waals surface area contributed by atoms with E-state index < -0.39 is 0 Å². The minimum atomic E-state index is 0.563. The van der Waals surface area contributed by atoms with Gasteiger partial charge in [-0.3, -0.25) is 0 Å². The molecule has 0 nitrogen and oxygen atoms in total. The molecule has 0 heteroatoms. The van der Waals surface area contributed by atoms with Gasteiger partial charge >= 0.3 is 0 Å². The van der Waals surface area contributed by atoms with Gasteiger partial charge in [0.2, 0.25) is 0 Å². The maximum absolute atomic E-state index is 4.20. The zero-order chi connectivity index (χ0) is 12.0. The molecular weight excluding hydrogens is 192 g/mol. The third kappa shape index (κ3) is 1.65. The van der Waals surface area contributed by atoms with Crippen molar-refractivity contribution in [3.8, 4) is 0 Å². The molecule has 2 rings (SSSR count). The predicted molar refractivity (Wildman–Crippen MR) is 71.4 cm³/mol. The van der Waals surface area contributed by atoms with Gasteiger partial charge < -0.3 is 0 Å². The topological polar surface area (TPSA) is 0 Å². The second kappa shape index (κ2) is 3.89. The Labute approximate surface area is 102 Å². The molecule has 4 atom stereocenters. The summed E-state index contributed by atoms with van der Waals surface area (Å²) < 4.78 is 0. The smallest absolute Gasteiger partial charge is 0.0203 e. The first-order valence-electron chi connectivity index (χ1n) is 7.04. The van der Waals surface area contributed by atoms with Crippen molar-refractivity contribution in [1.82, 2.24) is 0 Å². The summed E-state index contributed by atoms with van der Waals surface area (Å²) in [6, 6.07) is 0. The molecule has 2 fully saturated rings. The van der Waals surface area contributed by atoms with Gasteiger partial charge in [-0.05, 0) is 55.3 Å². The summed E-state index contributed by atoms with van der Waals surface area (Å²) in [5.74, 6) is 1.69. The molecule has 2 aliphatic rings. The van der Waals surface area contributed by atoms with Crippen LogP contribution in [0.2, 0.25) is 0 Å². The van der Waals surface area contributed by atoms with Crippen LogP contribution in [-0.4, -0.2) is 0 Å². The Hall–Kier alpha value is -0.260. The zero-order valence-corrected chi connectivity index (χ0v) is 11.6. The fraction of sp³-hybridized carbons (Fsp3) is 0.875. The van der Waals surface area contributed by atoms with Crippen LogP contribution in [0.1, 0.15) is 66.2 Å². The van der Waals surface area contributed by atoms with Crippen molar-refractivity contribution < 1.29 is 0 Å². The van der Waals surface area contributed by atoms with Crippen molar-refractivity contribution in [2.75, 3.05) is 0 Å². The average molecular weight is 220 g/mol. The largest absolute Gasteiger partial charge is 0.0999 e. The first-order valence-corrected chi connectivity index (χ1v) is 7.04. The van der Waals surface area contributed by atoms with Crippen molar-refractivity contribution in [2.24, 2.45) is 22.7 Å². The molecule has 0 N–H and O–H groups in total. The molecule has 2 aliphatic carbocycles. The first kappa shape index (κ1) is 12.2. The zero-order valence-electron chi connectivity index (χ0n) is 11.6. The summed E-state index contributed by atoms with van der Waals surface area (Å²) in [6.45, 7) is 14.0. The minimum absolute atomic E-state index is 0.563. The van der Waals surface area contributed by atoms with Crippen LogP contribution in [0.3, 0.4) is 0 Å². The van der Waals surface area contributed by atoms with E-state index in [-0.39, 0.29) is 0 Å². The van der Waals surface area contributed by atoms with Gasteiger partial charge in [0, 0.05) is 0 Å². The lowest BCUT2D eigenvalue weighted by molar-refractivity contribution is -0.0809. The van der Waals surface area contributed by atoms with Crippen LogP contribution >= 0.6 is 0 Å². The van der Waals surface area contributed by atoms with Gasteiger partial charge in [-0.2, -0.15) is 0 Å². The Balaban J connectivity index is 2.26. The molecule has 0 aromatic rings. The molecule has 16 heavy (non-hydrogen) atoms. The van der Waals surface area contributed by atoms with Gasteiger partial charge in [0.25, 0.3) is 0 Å². The fourth-order valence-corrected chi connectivity index (χ4v) is 4.38. The monoisotopic (exact) mass is 220 g/mol. The number of fused-ring (bicyclic) bond motifs is 1. The van der Waals surface area contributed by atoms with Crippen molar-refractivity contribution in [2.45, 2.75) is 66.2 Å². The van der Waals surface area contributed by atoms with Crippen LogP contribution in [0.4, 0.5) is 0 Å². The molecular formula is C16H28. The first-order chi connectivity index (χ1) is 7.39. The van der Waals surface area contributed by atoms with Gasteiger partial charge in [-0.15, -0.1) is 0 Å². The number of hydrogen-bond acceptors (Lipinski definition) is 0. The highest BCUT2D eigenvalue weighted by Crippen LogP contribution is 2.62. The van der Waals surface area contributed by atoms with E-state index in [0.29, 0.717) is 10.8 Å². The Bertz CT molecular complexity index is 290. The lowest BCUT2D eigenvalue weighted by atomic mass is 9.46. The van der Waals surface area contributed by atoms with E-state index in [4.69, 9.17) is 0 Å². The molecule has 2 saturated carbocycles. The predicted octanol–water partition coefficient (Wildman–Crippen LogP) is 5.20. The van der Waals surface area contributed by atoms with Crippen LogP contribution in [0.25, 0.3) is 0 Å².